The second-order valence-electron chi connectivity index (χ2n) is 3.46. The Morgan fingerprint density at radius 3 is 2.41 bits per heavy atom. The lowest BCUT2D eigenvalue weighted by Gasteiger charge is -1.99. The van der Waals surface area contributed by atoms with Crippen LogP contribution in [0.5, 0.6) is 0 Å². The molecule has 0 aliphatic carbocycles. The van der Waals surface area contributed by atoms with Crippen molar-refractivity contribution in [2.24, 2.45) is 0 Å². The molecule has 2 rings (SSSR count). The normalized spacial score (nSPS) is 11.5. The molecule has 0 aliphatic heterocycles. The highest BCUT2D eigenvalue weighted by atomic mass is 19.1. The molecule has 1 aromatic carbocycles. The summed E-state index contributed by atoms with van der Waals surface area (Å²) < 4.78 is 12.8. The Hall–Kier alpha value is -2.07. The predicted octanol–water partition coefficient (Wildman–Crippen LogP) is 2.45. The Morgan fingerprint density at radius 2 is 1.82 bits per heavy atom. The van der Waals surface area contributed by atoms with Gasteiger partial charge in [-0.2, -0.15) is 0 Å². The number of aliphatic hydroxyl groups is 1. The number of benzene rings is 1. The third kappa shape index (κ3) is 2.95. The zero-order valence-electron chi connectivity index (χ0n) is 9.05. The van der Waals surface area contributed by atoms with Crippen molar-refractivity contribution in [1.29, 1.82) is 0 Å². The third-order valence-corrected chi connectivity index (χ3v) is 2.18. The maximum atomic E-state index is 12.8. The molecule has 4 heteroatoms. The third-order valence-electron chi connectivity index (χ3n) is 2.18. The molecule has 86 valence electrons. The minimum Gasteiger partial charge on any atom is -0.389 e. The Labute approximate surface area is 98.3 Å². The molecule has 2 aromatic rings. The van der Waals surface area contributed by atoms with E-state index in [0.717, 1.165) is 5.56 Å². The summed E-state index contributed by atoms with van der Waals surface area (Å²) in [6, 6.07) is 9.52. The van der Waals surface area contributed by atoms with Gasteiger partial charge in [-0.3, -0.25) is 0 Å². The second-order valence-corrected chi connectivity index (χ2v) is 3.46. The van der Waals surface area contributed by atoms with E-state index in [4.69, 9.17) is 5.11 Å². The zero-order chi connectivity index (χ0) is 12.1. The molecule has 0 spiro atoms. The van der Waals surface area contributed by atoms with Crippen molar-refractivity contribution in [2.45, 2.75) is 0 Å². The van der Waals surface area contributed by atoms with Crippen LogP contribution in [-0.2, 0) is 0 Å². The fourth-order valence-corrected chi connectivity index (χ4v) is 1.38. The summed E-state index contributed by atoms with van der Waals surface area (Å²) in [7, 11) is 0. The average Bonchev–Trinajstić information content (AvgIpc) is 2.40. The van der Waals surface area contributed by atoms with Crippen LogP contribution in [0.15, 0.2) is 48.6 Å². The lowest BCUT2D eigenvalue weighted by atomic mass is 10.2. The number of hydrogen-bond acceptors (Lipinski definition) is 3. The minimum atomic E-state index is -0.611. The summed E-state index contributed by atoms with van der Waals surface area (Å²) in [6.45, 7) is -0.611. The molecule has 3 nitrogen and oxygen atoms in total. The van der Waals surface area contributed by atoms with Gasteiger partial charge < -0.3 is 5.11 Å². The van der Waals surface area contributed by atoms with E-state index in [1.165, 1.54) is 18.5 Å². The molecule has 0 fully saturated rings. The number of nitrogens with zero attached hydrogens (tertiary/aromatic N) is 2. The second kappa shape index (κ2) is 5.32. The van der Waals surface area contributed by atoms with E-state index in [1.54, 1.807) is 0 Å². The van der Waals surface area contributed by atoms with Crippen molar-refractivity contribution in [3.8, 4) is 11.4 Å². The standard InChI is InChI=1S/C13H11FN2O/c14-12(9-17)6-10-7-15-13(16-8-10)11-4-2-1-3-5-11/h1-8,17H,9H2/b12-6+. The molecule has 1 N–H and O–H groups in total. The van der Waals surface area contributed by atoms with Crippen LogP contribution in [0.1, 0.15) is 5.56 Å². The highest BCUT2D eigenvalue weighted by Gasteiger charge is 2.00. The monoisotopic (exact) mass is 230 g/mol. The lowest BCUT2D eigenvalue weighted by Crippen LogP contribution is -1.90. The number of rotatable bonds is 3. The Morgan fingerprint density at radius 1 is 1.18 bits per heavy atom. The van der Waals surface area contributed by atoms with Crippen LogP contribution in [0, 0.1) is 0 Å². The summed E-state index contributed by atoms with van der Waals surface area (Å²) in [4.78, 5) is 8.26. The van der Waals surface area contributed by atoms with Gasteiger partial charge in [0.25, 0.3) is 0 Å². The van der Waals surface area contributed by atoms with Crippen LogP contribution >= 0.6 is 0 Å². The van der Waals surface area contributed by atoms with Crippen LogP contribution in [0.2, 0.25) is 0 Å². The first-order valence-electron chi connectivity index (χ1n) is 5.14. The Balaban J connectivity index is 2.25. The molecule has 0 aliphatic rings. The van der Waals surface area contributed by atoms with Crippen molar-refractivity contribution >= 4 is 6.08 Å². The van der Waals surface area contributed by atoms with Gasteiger partial charge in [0.15, 0.2) is 5.82 Å². The van der Waals surface area contributed by atoms with Gasteiger partial charge in [-0.25, -0.2) is 14.4 Å². The minimum absolute atomic E-state index is 0.524. The Kier molecular flexibility index (Phi) is 3.57. The van der Waals surface area contributed by atoms with E-state index in [-0.39, 0.29) is 0 Å². The summed E-state index contributed by atoms with van der Waals surface area (Å²) in [5.74, 6) is -0.0202. The maximum Gasteiger partial charge on any atom is 0.159 e. The highest BCUT2D eigenvalue weighted by Crippen LogP contribution is 2.14. The summed E-state index contributed by atoms with van der Waals surface area (Å²) in [5.41, 5.74) is 1.43. The van der Waals surface area contributed by atoms with Crippen molar-refractivity contribution in [1.82, 2.24) is 9.97 Å². The molecule has 0 saturated heterocycles. The van der Waals surface area contributed by atoms with Gasteiger partial charge in [0.05, 0.1) is 6.61 Å². The van der Waals surface area contributed by atoms with Crippen LogP contribution in [0.4, 0.5) is 4.39 Å². The lowest BCUT2D eigenvalue weighted by molar-refractivity contribution is 0.300. The first kappa shape index (κ1) is 11.4. The number of aliphatic hydroxyl groups excluding tert-OH is 1. The molecule has 0 saturated carbocycles. The van der Waals surface area contributed by atoms with Crippen molar-refractivity contribution in [3.63, 3.8) is 0 Å². The number of hydrogen-bond donors (Lipinski definition) is 1. The molecular weight excluding hydrogens is 219 g/mol. The van der Waals surface area contributed by atoms with Gasteiger partial charge in [0.2, 0.25) is 0 Å². The molecule has 1 heterocycles. The van der Waals surface area contributed by atoms with Gasteiger partial charge in [-0.15, -0.1) is 0 Å². The highest BCUT2D eigenvalue weighted by molar-refractivity contribution is 5.56. The summed E-state index contributed by atoms with van der Waals surface area (Å²) in [5, 5.41) is 8.54. The Bertz CT molecular complexity index is 509. The van der Waals surface area contributed by atoms with Crippen LogP contribution in [0.3, 0.4) is 0 Å². The van der Waals surface area contributed by atoms with Crippen LogP contribution < -0.4 is 0 Å². The smallest absolute Gasteiger partial charge is 0.159 e. The number of aromatic nitrogens is 2. The van der Waals surface area contributed by atoms with E-state index >= 15 is 0 Å². The largest absolute Gasteiger partial charge is 0.389 e. The summed E-state index contributed by atoms with van der Waals surface area (Å²) in [6.07, 6.45) is 4.24. The van der Waals surface area contributed by atoms with Crippen LogP contribution in [-0.4, -0.2) is 21.7 Å². The van der Waals surface area contributed by atoms with Crippen LogP contribution in [0.25, 0.3) is 17.5 Å². The van der Waals surface area contributed by atoms with Crippen molar-refractivity contribution < 1.29 is 9.50 Å². The molecule has 0 atom stereocenters. The van der Waals surface area contributed by atoms with Gasteiger partial charge in [-0.05, 0) is 6.08 Å². The molecule has 0 unspecified atom stereocenters. The first-order chi connectivity index (χ1) is 8.29. The zero-order valence-corrected chi connectivity index (χ0v) is 9.05. The van der Waals surface area contributed by atoms with Gasteiger partial charge >= 0.3 is 0 Å². The maximum absolute atomic E-state index is 12.8. The summed E-state index contributed by atoms with van der Waals surface area (Å²) >= 11 is 0. The topological polar surface area (TPSA) is 46.0 Å². The van der Waals surface area contributed by atoms with Crippen molar-refractivity contribution in [2.75, 3.05) is 6.61 Å². The van der Waals surface area contributed by atoms with Gasteiger partial charge in [-0.1, -0.05) is 30.3 Å². The van der Waals surface area contributed by atoms with E-state index < -0.39 is 12.4 Å². The van der Waals surface area contributed by atoms with Gasteiger partial charge in [0.1, 0.15) is 5.83 Å². The first-order valence-corrected chi connectivity index (χ1v) is 5.14. The van der Waals surface area contributed by atoms with E-state index in [2.05, 4.69) is 9.97 Å². The molecule has 17 heavy (non-hydrogen) atoms. The van der Waals surface area contributed by atoms with Gasteiger partial charge in [0, 0.05) is 23.5 Å². The molecule has 0 bridgehead atoms. The molecule has 0 radical (unpaired) electrons. The fraction of sp³-hybridized carbons (Fsp3) is 0.0769. The van der Waals surface area contributed by atoms with E-state index in [9.17, 15) is 4.39 Å². The van der Waals surface area contributed by atoms with E-state index in [1.807, 2.05) is 30.3 Å². The predicted molar refractivity (Wildman–Crippen MR) is 63.6 cm³/mol. The molecular formula is C13H11FN2O. The quantitative estimate of drug-likeness (QED) is 0.880. The van der Waals surface area contributed by atoms with E-state index in [0.29, 0.717) is 11.4 Å². The SMILES string of the molecule is OC/C(F)=C\c1cnc(-c2ccccc2)nc1. The van der Waals surface area contributed by atoms with Crippen molar-refractivity contribution in [3.05, 3.63) is 54.1 Å². The molecule has 0 amide bonds. The molecule has 1 aromatic heterocycles. The number of halogens is 1. The fourth-order valence-electron chi connectivity index (χ4n) is 1.38. The average molecular weight is 230 g/mol.